The van der Waals surface area contributed by atoms with Crippen LogP contribution in [0.2, 0.25) is 5.02 Å². The molecule has 0 aromatic heterocycles. The lowest BCUT2D eigenvalue weighted by Crippen LogP contribution is -2.39. The Bertz CT molecular complexity index is 911. The molecule has 0 aliphatic rings. The monoisotopic (exact) mass is 412 g/mol. The van der Waals surface area contributed by atoms with Gasteiger partial charge in [-0.05, 0) is 47.4 Å². The van der Waals surface area contributed by atoms with Crippen LogP contribution < -0.4 is 0 Å². The Hall–Kier alpha value is -2.27. The van der Waals surface area contributed by atoms with Crippen molar-refractivity contribution >= 4 is 29.3 Å². The summed E-state index contributed by atoms with van der Waals surface area (Å²) in [5.41, 5.74) is 1.53. The van der Waals surface area contributed by atoms with E-state index in [1.807, 2.05) is 78.9 Å². The average Bonchev–Trinajstić information content (AvgIpc) is 2.72. The number of benzene rings is 3. The molecule has 1 atom stereocenters. The highest BCUT2D eigenvalue weighted by molar-refractivity contribution is 7.99. The highest BCUT2D eigenvalue weighted by Crippen LogP contribution is 2.36. The van der Waals surface area contributed by atoms with Crippen LogP contribution in [0.1, 0.15) is 12.0 Å². The van der Waals surface area contributed by atoms with E-state index in [4.69, 9.17) is 11.6 Å². The molecule has 0 spiro atoms. The van der Waals surface area contributed by atoms with Crippen LogP contribution in [0.25, 0.3) is 11.1 Å². The van der Waals surface area contributed by atoms with Gasteiger partial charge in [0, 0.05) is 22.3 Å². The number of carboxylic acids is 1. The van der Waals surface area contributed by atoms with Gasteiger partial charge in [-0.3, -0.25) is 4.79 Å². The van der Waals surface area contributed by atoms with Crippen molar-refractivity contribution in [3.05, 3.63) is 89.4 Å². The highest BCUT2D eigenvalue weighted by atomic mass is 35.5. The summed E-state index contributed by atoms with van der Waals surface area (Å²) in [7, 11) is 0. The molecule has 0 radical (unpaired) electrons. The first-order chi connectivity index (χ1) is 13.5. The molecule has 0 bridgehead atoms. The van der Waals surface area contributed by atoms with Crippen molar-refractivity contribution in [3.8, 4) is 11.1 Å². The van der Waals surface area contributed by atoms with Crippen LogP contribution in [0.5, 0.6) is 0 Å². The molecule has 5 heteroatoms. The number of aliphatic hydroxyl groups is 1. The standard InChI is InChI=1S/C23H21ClO3S/c24-20-12-8-18(9-13-20)17-6-10-19(11-7-17)23(14-15-25,22(26)27)16-28-21-4-2-1-3-5-21/h1-13,25H,14-16H2,(H,26,27). The van der Waals surface area contributed by atoms with Crippen molar-refractivity contribution in [1.82, 2.24) is 0 Å². The Morgan fingerprint density at radius 2 is 1.46 bits per heavy atom. The van der Waals surface area contributed by atoms with Crippen molar-refractivity contribution in [1.29, 1.82) is 0 Å². The predicted octanol–water partition coefficient (Wildman–Crippen LogP) is 5.50. The van der Waals surface area contributed by atoms with E-state index < -0.39 is 11.4 Å². The first-order valence-corrected chi connectivity index (χ1v) is 10.3. The smallest absolute Gasteiger partial charge is 0.315 e. The molecule has 1 unspecified atom stereocenters. The van der Waals surface area contributed by atoms with Crippen molar-refractivity contribution in [3.63, 3.8) is 0 Å². The second kappa shape index (κ2) is 9.28. The lowest BCUT2D eigenvalue weighted by atomic mass is 9.79. The number of thioether (sulfide) groups is 1. The number of halogens is 1. The Morgan fingerprint density at radius 1 is 0.893 bits per heavy atom. The number of carbonyl (C=O) groups is 1. The fourth-order valence-electron chi connectivity index (χ4n) is 3.13. The number of hydrogen-bond acceptors (Lipinski definition) is 3. The lowest BCUT2D eigenvalue weighted by molar-refractivity contribution is -0.143. The van der Waals surface area contributed by atoms with Gasteiger partial charge in [-0.15, -0.1) is 11.8 Å². The van der Waals surface area contributed by atoms with E-state index in [2.05, 4.69) is 0 Å². The summed E-state index contributed by atoms with van der Waals surface area (Å²) < 4.78 is 0. The average molecular weight is 413 g/mol. The van der Waals surface area contributed by atoms with Gasteiger partial charge in [0.05, 0.1) is 0 Å². The summed E-state index contributed by atoms with van der Waals surface area (Å²) in [4.78, 5) is 13.3. The van der Waals surface area contributed by atoms with Crippen LogP contribution in [0.4, 0.5) is 0 Å². The fraction of sp³-hybridized carbons (Fsp3) is 0.174. The Balaban J connectivity index is 1.90. The number of carboxylic acid groups (broad SMARTS) is 1. The van der Waals surface area contributed by atoms with E-state index in [1.165, 1.54) is 11.8 Å². The second-order valence-corrected chi connectivity index (χ2v) is 8.03. The van der Waals surface area contributed by atoms with Crippen LogP contribution in [0, 0.1) is 0 Å². The SMILES string of the molecule is O=C(O)C(CCO)(CSc1ccccc1)c1ccc(-c2ccc(Cl)cc2)cc1. The number of hydrogen-bond donors (Lipinski definition) is 2. The van der Waals surface area contributed by atoms with Crippen LogP contribution in [-0.2, 0) is 10.2 Å². The summed E-state index contributed by atoms with van der Waals surface area (Å²) in [5, 5.41) is 20.3. The Kier molecular flexibility index (Phi) is 6.79. The molecule has 3 aromatic carbocycles. The number of aliphatic carboxylic acids is 1. The van der Waals surface area contributed by atoms with E-state index in [9.17, 15) is 15.0 Å². The predicted molar refractivity (Wildman–Crippen MR) is 115 cm³/mol. The zero-order valence-electron chi connectivity index (χ0n) is 15.2. The third-order valence-corrected chi connectivity index (χ3v) is 6.29. The summed E-state index contributed by atoms with van der Waals surface area (Å²) in [5.74, 6) is -0.586. The third-order valence-electron chi connectivity index (χ3n) is 4.79. The van der Waals surface area contributed by atoms with E-state index in [-0.39, 0.29) is 13.0 Å². The Morgan fingerprint density at radius 3 is 2.00 bits per heavy atom. The summed E-state index contributed by atoms with van der Waals surface area (Å²) >= 11 is 7.43. The summed E-state index contributed by atoms with van der Waals surface area (Å²) in [6, 6.07) is 24.7. The topological polar surface area (TPSA) is 57.5 Å². The molecule has 0 saturated heterocycles. The maximum absolute atomic E-state index is 12.3. The van der Waals surface area contributed by atoms with Gasteiger partial charge in [0.1, 0.15) is 5.41 Å². The van der Waals surface area contributed by atoms with Crippen LogP contribution in [-0.4, -0.2) is 28.5 Å². The van der Waals surface area contributed by atoms with E-state index in [0.717, 1.165) is 16.0 Å². The lowest BCUT2D eigenvalue weighted by Gasteiger charge is -2.29. The van der Waals surface area contributed by atoms with E-state index >= 15 is 0 Å². The maximum Gasteiger partial charge on any atom is 0.315 e. The Labute approximate surface area is 174 Å². The van der Waals surface area contributed by atoms with Gasteiger partial charge in [-0.25, -0.2) is 0 Å². The second-order valence-electron chi connectivity index (χ2n) is 6.55. The summed E-state index contributed by atoms with van der Waals surface area (Å²) in [6.07, 6.45) is 0.155. The minimum absolute atomic E-state index is 0.155. The van der Waals surface area contributed by atoms with E-state index in [0.29, 0.717) is 16.3 Å². The van der Waals surface area contributed by atoms with Crippen molar-refractivity contribution in [2.24, 2.45) is 0 Å². The molecule has 3 rings (SSSR count). The van der Waals surface area contributed by atoms with Crippen LogP contribution in [0.3, 0.4) is 0 Å². The van der Waals surface area contributed by atoms with Crippen molar-refractivity contribution < 1.29 is 15.0 Å². The molecule has 28 heavy (non-hydrogen) atoms. The molecule has 0 fully saturated rings. The molecular formula is C23H21ClO3S. The zero-order chi connectivity index (χ0) is 20.0. The van der Waals surface area contributed by atoms with E-state index in [1.54, 1.807) is 0 Å². The van der Waals surface area contributed by atoms with Gasteiger partial charge < -0.3 is 10.2 Å². The molecule has 3 aromatic rings. The molecule has 3 nitrogen and oxygen atoms in total. The minimum Gasteiger partial charge on any atom is -0.481 e. The van der Waals surface area contributed by atoms with Gasteiger partial charge in [0.2, 0.25) is 0 Å². The van der Waals surface area contributed by atoms with Gasteiger partial charge >= 0.3 is 5.97 Å². The fourth-order valence-corrected chi connectivity index (χ4v) is 4.45. The minimum atomic E-state index is -1.16. The maximum atomic E-state index is 12.3. The van der Waals surface area contributed by atoms with Crippen LogP contribution >= 0.6 is 23.4 Å². The molecular weight excluding hydrogens is 392 g/mol. The number of aliphatic hydroxyl groups excluding tert-OH is 1. The van der Waals surface area contributed by atoms with Gasteiger partial charge in [-0.2, -0.15) is 0 Å². The molecule has 0 aliphatic carbocycles. The van der Waals surface area contributed by atoms with Gasteiger partial charge in [0.25, 0.3) is 0 Å². The van der Waals surface area contributed by atoms with Crippen molar-refractivity contribution in [2.45, 2.75) is 16.7 Å². The molecule has 2 N–H and O–H groups in total. The first-order valence-electron chi connectivity index (χ1n) is 8.94. The largest absolute Gasteiger partial charge is 0.481 e. The molecule has 0 aliphatic heterocycles. The highest BCUT2D eigenvalue weighted by Gasteiger charge is 2.40. The normalized spacial score (nSPS) is 13.1. The van der Waals surface area contributed by atoms with Crippen molar-refractivity contribution in [2.75, 3.05) is 12.4 Å². The summed E-state index contributed by atoms with van der Waals surface area (Å²) in [6.45, 7) is -0.194. The molecule has 0 heterocycles. The molecule has 144 valence electrons. The third kappa shape index (κ3) is 4.58. The quantitative estimate of drug-likeness (QED) is 0.479. The van der Waals surface area contributed by atoms with Crippen LogP contribution in [0.15, 0.2) is 83.8 Å². The molecule has 0 amide bonds. The first kappa shape index (κ1) is 20.5. The van der Waals surface area contributed by atoms with Gasteiger partial charge in [-0.1, -0.05) is 66.2 Å². The van der Waals surface area contributed by atoms with Gasteiger partial charge in [0.15, 0.2) is 0 Å². The number of rotatable bonds is 8. The zero-order valence-corrected chi connectivity index (χ0v) is 16.8. The molecule has 0 saturated carbocycles.